The molecule has 0 spiro atoms. The molecule has 0 aromatic rings. The zero-order valence-corrected chi connectivity index (χ0v) is 13.8. The normalized spacial score (nSPS) is 24.6. The highest BCUT2D eigenvalue weighted by Crippen LogP contribution is 2.29. The first kappa shape index (κ1) is 17.0. The highest BCUT2D eigenvalue weighted by Gasteiger charge is 2.27. The van der Waals surface area contributed by atoms with Gasteiger partial charge in [-0.1, -0.05) is 20.8 Å². The summed E-state index contributed by atoms with van der Waals surface area (Å²) in [6, 6.07) is 0. The van der Waals surface area contributed by atoms with E-state index >= 15 is 0 Å². The number of carbonyl (C=O) groups is 1. The molecule has 0 saturated carbocycles. The van der Waals surface area contributed by atoms with Gasteiger partial charge < -0.3 is 4.74 Å². The van der Waals surface area contributed by atoms with Crippen LogP contribution in [0.4, 0.5) is 0 Å². The Kier molecular flexibility index (Phi) is 7.45. The lowest BCUT2D eigenvalue weighted by Gasteiger charge is -2.23. The van der Waals surface area contributed by atoms with Crippen LogP contribution in [0.5, 0.6) is 0 Å². The molecule has 5 atom stereocenters. The molecule has 1 rings (SSSR count). The van der Waals surface area contributed by atoms with Crippen LogP contribution in [0.15, 0.2) is 0 Å². The maximum atomic E-state index is 11.8. The molecule has 1 heterocycles. The molecule has 1 aliphatic rings. The molecule has 1 aliphatic heterocycles. The van der Waals surface area contributed by atoms with E-state index in [1.807, 2.05) is 0 Å². The second kappa shape index (κ2) is 8.31. The number of carbonyl (C=O) groups excluding carboxylic acids is 1. The van der Waals surface area contributed by atoms with Crippen molar-refractivity contribution < 1.29 is 9.53 Å². The van der Waals surface area contributed by atoms with Crippen LogP contribution in [0.25, 0.3) is 0 Å². The minimum absolute atomic E-state index is 0.232. The molecule has 0 aliphatic carbocycles. The molecule has 5 unspecified atom stereocenters. The fraction of sp³-hybridized carbons (Fsp3) is 0.938. The average Bonchev–Trinajstić information content (AvgIpc) is 3.11. The molecule has 0 N–H and O–H groups in total. The van der Waals surface area contributed by atoms with Gasteiger partial charge in [0.05, 0.1) is 12.7 Å². The monoisotopic (exact) mass is 286 g/mol. The van der Waals surface area contributed by atoms with Crippen molar-refractivity contribution in [3.8, 4) is 0 Å². The first-order chi connectivity index (χ1) is 8.92. The van der Waals surface area contributed by atoms with Gasteiger partial charge in [0.25, 0.3) is 0 Å². The molecular weight excluding hydrogens is 256 g/mol. The van der Waals surface area contributed by atoms with Crippen molar-refractivity contribution in [2.45, 2.75) is 59.5 Å². The van der Waals surface area contributed by atoms with Crippen molar-refractivity contribution >= 4 is 18.4 Å². The third kappa shape index (κ3) is 7.36. The van der Waals surface area contributed by atoms with Gasteiger partial charge in [0.1, 0.15) is 5.78 Å². The Balaban J connectivity index is 2.35. The minimum atomic E-state index is 0.232. The maximum Gasteiger partial charge on any atom is 0.132 e. The third-order valence-corrected chi connectivity index (χ3v) is 4.76. The number of thiol groups is 1. The molecule has 1 saturated heterocycles. The number of hydrogen-bond donors (Lipinski definition) is 1. The predicted molar refractivity (Wildman–Crippen MR) is 83.7 cm³/mol. The number of ether oxygens (including phenoxy) is 1. The summed E-state index contributed by atoms with van der Waals surface area (Å²) < 4.78 is 5.28. The molecular formula is C16H30O2S. The summed E-state index contributed by atoms with van der Waals surface area (Å²) in [4.78, 5) is 11.8. The molecule has 2 nitrogen and oxygen atoms in total. The highest BCUT2D eigenvalue weighted by molar-refractivity contribution is 7.80. The number of Topliss-reactive ketones (excluding diaryl/α,β-unsaturated/α-hetero) is 1. The molecule has 3 heteroatoms. The van der Waals surface area contributed by atoms with Crippen LogP contribution < -0.4 is 0 Å². The summed E-state index contributed by atoms with van der Waals surface area (Å²) in [5.74, 6) is 3.37. The van der Waals surface area contributed by atoms with Gasteiger partial charge in [-0.15, -0.1) is 0 Å². The zero-order chi connectivity index (χ0) is 14.4. The molecule has 0 bridgehead atoms. The molecule has 19 heavy (non-hydrogen) atoms. The first-order valence-electron chi connectivity index (χ1n) is 7.65. The van der Waals surface area contributed by atoms with E-state index in [4.69, 9.17) is 4.74 Å². The summed E-state index contributed by atoms with van der Waals surface area (Å²) in [7, 11) is 0. The van der Waals surface area contributed by atoms with Crippen molar-refractivity contribution in [1.29, 1.82) is 0 Å². The first-order valence-corrected chi connectivity index (χ1v) is 8.28. The van der Waals surface area contributed by atoms with Crippen LogP contribution in [0.2, 0.25) is 0 Å². The Bertz CT molecular complexity index is 276. The van der Waals surface area contributed by atoms with Gasteiger partial charge in [-0.05, 0) is 56.1 Å². The predicted octanol–water partition coefficient (Wildman–Crippen LogP) is 3.99. The molecule has 0 radical (unpaired) electrons. The topological polar surface area (TPSA) is 29.6 Å². The van der Waals surface area contributed by atoms with E-state index < -0.39 is 0 Å². The summed E-state index contributed by atoms with van der Waals surface area (Å²) >= 11 is 4.34. The Labute approximate surface area is 124 Å². The average molecular weight is 286 g/mol. The van der Waals surface area contributed by atoms with E-state index in [2.05, 4.69) is 33.4 Å². The maximum absolute atomic E-state index is 11.8. The van der Waals surface area contributed by atoms with Gasteiger partial charge in [-0.25, -0.2) is 0 Å². The second-order valence-electron chi connectivity index (χ2n) is 6.70. The Morgan fingerprint density at radius 1 is 1.16 bits per heavy atom. The van der Waals surface area contributed by atoms with Crippen LogP contribution in [-0.4, -0.2) is 24.2 Å². The molecule has 0 amide bonds. The zero-order valence-electron chi connectivity index (χ0n) is 12.9. The van der Waals surface area contributed by atoms with Crippen molar-refractivity contribution in [1.82, 2.24) is 0 Å². The van der Waals surface area contributed by atoms with Gasteiger partial charge in [0.15, 0.2) is 0 Å². The minimum Gasteiger partial charge on any atom is -0.373 e. The van der Waals surface area contributed by atoms with E-state index in [9.17, 15) is 4.79 Å². The highest BCUT2D eigenvalue weighted by atomic mass is 32.1. The summed E-state index contributed by atoms with van der Waals surface area (Å²) in [6.45, 7) is 9.42. The number of epoxide rings is 1. The summed E-state index contributed by atoms with van der Waals surface area (Å²) in [5.41, 5.74) is 0. The van der Waals surface area contributed by atoms with Crippen LogP contribution in [0.3, 0.4) is 0 Å². The SMILES string of the molecule is CC(=O)C(CC(C)CC(C)CS)CC(C)CC1CO1. The van der Waals surface area contributed by atoms with Gasteiger partial charge >= 0.3 is 0 Å². The molecule has 0 aromatic heterocycles. The quantitative estimate of drug-likeness (QED) is 0.486. The fourth-order valence-corrected chi connectivity index (χ4v) is 3.16. The van der Waals surface area contributed by atoms with Gasteiger partial charge in [-0.2, -0.15) is 12.6 Å². The lowest BCUT2D eigenvalue weighted by molar-refractivity contribution is -0.121. The second-order valence-corrected chi connectivity index (χ2v) is 7.07. The van der Waals surface area contributed by atoms with Gasteiger partial charge in [0.2, 0.25) is 0 Å². The van der Waals surface area contributed by atoms with Crippen molar-refractivity contribution in [2.24, 2.45) is 23.7 Å². The van der Waals surface area contributed by atoms with Gasteiger partial charge in [0, 0.05) is 5.92 Å². The number of hydrogen-bond acceptors (Lipinski definition) is 3. The van der Waals surface area contributed by atoms with E-state index in [0.29, 0.717) is 29.6 Å². The van der Waals surface area contributed by atoms with E-state index in [1.165, 1.54) is 6.42 Å². The fourth-order valence-electron chi connectivity index (χ4n) is 3.01. The molecule has 112 valence electrons. The summed E-state index contributed by atoms with van der Waals surface area (Å²) in [5, 5.41) is 0. The van der Waals surface area contributed by atoms with E-state index in [1.54, 1.807) is 6.92 Å². The lowest BCUT2D eigenvalue weighted by Crippen LogP contribution is -2.19. The van der Waals surface area contributed by atoms with Crippen LogP contribution in [-0.2, 0) is 9.53 Å². The smallest absolute Gasteiger partial charge is 0.132 e. The van der Waals surface area contributed by atoms with E-state index in [0.717, 1.165) is 31.6 Å². The van der Waals surface area contributed by atoms with Crippen molar-refractivity contribution in [2.75, 3.05) is 12.4 Å². The largest absolute Gasteiger partial charge is 0.373 e. The van der Waals surface area contributed by atoms with E-state index in [-0.39, 0.29) is 5.92 Å². The van der Waals surface area contributed by atoms with Crippen LogP contribution in [0.1, 0.15) is 53.4 Å². The number of rotatable bonds is 10. The van der Waals surface area contributed by atoms with Crippen LogP contribution in [0, 0.1) is 23.7 Å². The number of ketones is 1. The molecule has 1 fully saturated rings. The standard InChI is InChI=1S/C16H30O2S/c1-11(5-13(3)10-19)6-15(14(4)17)7-12(2)8-16-9-18-16/h11-13,15-16,19H,5-10H2,1-4H3. The third-order valence-electron chi connectivity index (χ3n) is 4.13. The summed E-state index contributed by atoms with van der Waals surface area (Å²) in [6.07, 6.45) is 4.82. The Hall–Kier alpha value is -0.0200. The molecule has 0 aromatic carbocycles. The van der Waals surface area contributed by atoms with Crippen molar-refractivity contribution in [3.63, 3.8) is 0 Å². The van der Waals surface area contributed by atoms with Gasteiger partial charge in [-0.3, -0.25) is 4.79 Å². The lowest BCUT2D eigenvalue weighted by atomic mass is 9.82. The Morgan fingerprint density at radius 3 is 2.21 bits per heavy atom. The van der Waals surface area contributed by atoms with Crippen LogP contribution >= 0.6 is 12.6 Å². The Morgan fingerprint density at radius 2 is 1.74 bits per heavy atom. The van der Waals surface area contributed by atoms with Crippen molar-refractivity contribution in [3.05, 3.63) is 0 Å².